The highest BCUT2D eigenvalue weighted by molar-refractivity contribution is 6.31. The third-order valence-electron chi connectivity index (χ3n) is 9.87. The summed E-state index contributed by atoms with van der Waals surface area (Å²) < 4.78 is 0. The van der Waals surface area contributed by atoms with Crippen molar-refractivity contribution in [2.75, 3.05) is 10.2 Å². The molecule has 226 valence electrons. The van der Waals surface area contributed by atoms with E-state index in [-0.39, 0.29) is 11.9 Å². The summed E-state index contributed by atoms with van der Waals surface area (Å²) in [6, 6.07) is 49.1. The van der Waals surface area contributed by atoms with Crippen LogP contribution in [-0.2, 0) is 10.3 Å². The topological polar surface area (TPSA) is 48.1 Å². The first-order chi connectivity index (χ1) is 23.1. The van der Waals surface area contributed by atoms with Gasteiger partial charge in [-0.1, -0.05) is 133 Å². The van der Waals surface area contributed by atoms with Crippen LogP contribution in [-0.4, -0.2) is 10.9 Å². The van der Waals surface area contributed by atoms with E-state index < -0.39 is 5.54 Å². The SMILES string of the molecule is Cc1c(-c2ccccc2)[nH]c2c3c(ccc12)C1(Nc2ccc(Cl)cc2-3)C(=O)N(C(c2ccccc2)c2ccccc2)c2ccccc21. The fourth-order valence-corrected chi connectivity index (χ4v) is 7.96. The highest BCUT2D eigenvalue weighted by Crippen LogP contribution is 2.57. The lowest BCUT2D eigenvalue weighted by molar-refractivity contribution is -0.121. The lowest BCUT2D eigenvalue weighted by Gasteiger charge is -2.39. The molecule has 7 aromatic rings. The second-order valence-corrected chi connectivity index (χ2v) is 12.8. The second kappa shape index (κ2) is 10.5. The van der Waals surface area contributed by atoms with Crippen molar-refractivity contribution < 1.29 is 4.79 Å². The standard InChI is InChI=1S/C42H30ClN3O/c1-26-31-22-23-34-37(39(31)44-38(26)27-13-5-2-6-14-27)32-25-30(43)21-24-35(32)45-42(34)33-19-11-12-20-36(33)46(41(42)47)40(28-15-7-3-8-16-28)29-17-9-4-10-18-29/h2-25,40,44-45H,1H3. The lowest BCUT2D eigenvalue weighted by atomic mass is 9.75. The smallest absolute Gasteiger partial charge is 0.263 e. The normalized spacial score (nSPS) is 16.3. The first kappa shape index (κ1) is 27.7. The third kappa shape index (κ3) is 3.98. The molecule has 2 N–H and O–H groups in total. The maximum Gasteiger partial charge on any atom is 0.263 e. The molecule has 0 radical (unpaired) electrons. The van der Waals surface area contributed by atoms with Gasteiger partial charge in [-0.05, 0) is 53.4 Å². The van der Waals surface area contributed by atoms with E-state index in [4.69, 9.17) is 11.6 Å². The van der Waals surface area contributed by atoms with Gasteiger partial charge in [-0.3, -0.25) is 9.69 Å². The maximum atomic E-state index is 15.6. The minimum absolute atomic E-state index is 0.0239. The Labute approximate surface area is 278 Å². The number of para-hydroxylation sites is 1. The summed E-state index contributed by atoms with van der Waals surface area (Å²) in [6.07, 6.45) is 0. The number of nitrogens with zero attached hydrogens (tertiary/aromatic N) is 1. The number of fused-ring (bicyclic) bond motifs is 8. The van der Waals surface area contributed by atoms with Crippen molar-refractivity contribution in [2.24, 2.45) is 0 Å². The molecule has 1 unspecified atom stereocenters. The van der Waals surface area contributed by atoms with Gasteiger partial charge in [-0.15, -0.1) is 0 Å². The molecule has 3 heterocycles. The first-order valence-electron chi connectivity index (χ1n) is 15.9. The highest BCUT2D eigenvalue weighted by atomic mass is 35.5. The summed E-state index contributed by atoms with van der Waals surface area (Å²) in [6.45, 7) is 2.16. The Bertz CT molecular complexity index is 2290. The Morgan fingerprint density at radius 3 is 2.04 bits per heavy atom. The molecule has 2 aliphatic heterocycles. The third-order valence-corrected chi connectivity index (χ3v) is 10.1. The maximum absolute atomic E-state index is 15.6. The molecule has 1 amide bonds. The minimum atomic E-state index is -1.17. The van der Waals surface area contributed by atoms with Crippen molar-refractivity contribution in [1.82, 2.24) is 4.98 Å². The number of aryl methyl sites for hydroxylation is 1. The molecule has 1 atom stereocenters. The largest absolute Gasteiger partial charge is 0.363 e. The highest BCUT2D eigenvalue weighted by Gasteiger charge is 2.57. The summed E-state index contributed by atoms with van der Waals surface area (Å²) in [7, 11) is 0. The van der Waals surface area contributed by atoms with Crippen LogP contribution in [0.2, 0.25) is 5.02 Å². The molecule has 2 aliphatic rings. The Morgan fingerprint density at radius 1 is 0.702 bits per heavy atom. The van der Waals surface area contributed by atoms with Crippen LogP contribution in [0.3, 0.4) is 0 Å². The summed E-state index contributed by atoms with van der Waals surface area (Å²) in [5.41, 5.74) is 10.8. The number of aromatic amines is 1. The van der Waals surface area contributed by atoms with Crippen LogP contribution in [0.15, 0.2) is 146 Å². The molecular formula is C42H30ClN3O. The van der Waals surface area contributed by atoms with Crippen molar-refractivity contribution in [3.05, 3.63) is 178 Å². The van der Waals surface area contributed by atoms with Gasteiger partial charge >= 0.3 is 0 Å². The number of benzene rings is 6. The van der Waals surface area contributed by atoms with Crippen LogP contribution in [0.5, 0.6) is 0 Å². The number of rotatable bonds is 4. The van der Waals surface area contributed by atoms with Gasteiger partial charge in [0.25, 0.3) is 5.91 Å². The fourth-order valence-electron chi connectivity index (χ4n) is 7.79. The zero-order valence-electron chi connectivity index (χ0n) is 25.7. The van der Waals surface area contributed by atoms with Crippen LogP contribution >= 0.6 is 11.6 Å². The number of anilines is 2. The number of nitrogens with one attached hydrogen (secondary N) is 2. The van der Waals surface area contributed by atoms with E-state index in [0.29, 0.717) is 5.02 Å². The Morgan fingerprint density at radius 2 is 1.34 bits per heavy atom. The second-order valence-electron chi connectivity index (χ2n) is 12.4. The first-order valence-corrected chi connectivity index (χ1v) is 16.3. The summed E-state index contributed by atoms with van der Waals surface area (Å²) in [5.74, 6) is -0.0239. The van der Waals surface area contributed by atoms with E-state index in [2.05, 4.69) is 90.0 Å². The van der Waals surface area contributed by atoms with Crippen LogP contribution in [0.25, 0.3) is 33.3 Å². The number of hydrogen-bond acceptors (Lipinski definition) is 2. The molecule has 0 saturated heterocycles. The zero-order valence-corrected chi connectivity index (χ0v) is 26.4. The molecule has 0 aliphatic carbocycles. The monoisotopic (exact) mass is 627 g/mol. The van der Waals surface area contributed by atoms with Crippen LogP contribution < -0.4 is 10.2 Å². The molecular weight excluding hydrogens is 598 g/mol. The van der Waals surface area contributed by atoms with Crippen LogP contribution in [0.1, 0.15) is 33.9 Å². The summed E-state index contributed by atoms with van der Waals surface area (Å²) in [4.78, 5) is 21.4. The minimum Gasteiger partial charge on any atom is -0.363 e. The lowest BCUT2D eigenvalue weighted by Crippen LogP contribution is -2.49. The number of H-pyrrole nitrogens is 1. The Balaban J connectivity index is 1.34. The number of carbonyl (C=O) groups is 1. The van der Waals surface area contributed by atoms with Gasteiger partial charge in [0.1, 0.15) is 0 Å². The van der Waals surface area contributed by atoms with Crippen molar-refractivity contribution in [3.8, 4) is 22.4 Å². The number of hydrogen-bond donors (Lipinski definition) is 2. The molecule has 0 saturated carbocycles. The van der Waals surface area contributed by atoms with Gasteiger partial charge in [-0.25, -0.2) is 0 Å². The van der Waals surface area contributed by atoms with Crippen LogP contribution in [0, 0.1) is 6.92 Å². The molecule has 4 nitrogen and oxygen atoms in total. The van der Waals surface area contributed by atoms with E-state index >= 15 is 4.79 Å². The quantitative estimate of drug-likeness (QED) is 0.204. The van der Waals surface area contributed by atoms with Crippen molar-refractivity contribution in [3.63, 3.8) is 0 Å². The van der Waals surface area contributed by atoms with E-state index in [9.17, 15) is 0 Å². The van der Waals surface area contributed by atoms with Gasteiger partial charge < -0.3 is 10.3 Å². The Kier molecular flexibility index (Phi) is 6.18. The van der Waals surface area contributed by atoms with E-state index in [1.807, 2.05) is 77.7 Å². The molecule has 6 aromatic carbocycles. The van der Waals surface area contributed by atoms with Crippen LogP contribution in [0.4, 0.5) is 11.4 Å². The molecule has 0 bridgehead atoms. The van der Waals surface area contributed by atoms with Crippen molar-refractivity contribution >= 4 is 39.8 Å². The van der Waals surface area contributed by atoms with E-state index in [0.717, 1.165) is 72.5 Å². The summed E-state index contributed by atoms with van der Waals surface area (Å²) >= 11 is 6.67. The number of amides is 1. The summed E-state index contributed by atoms with van der Waals surface area (Å²) in [5, 5.41) is 5.56. The average Bonchev–Trinajstić information content (AvgIpc) is 3.58. The van der Waals surface area contributed by atoms with Gasteiger partial charge in [0.05, 0.1) is 17.2 Å². The van der Waals surface area contributed by atoms with E-state index in [1.54, 1.807) is 0 Å². The Hall–Kier alpha value is -5.58. The average molecular weight is 628 g/mol. The van der Waals surface area contributed by atoms with Gasteiger partial charge in [0.2, 0.25) is 0 Å². The van der Waals surface area contributed by atoms with E-state index in [1.165, 1.54) is 0 Å². The predicted molar refractivity (Wildman–Crippen MR) is 192 cm³/mol. The molecule has 1 aromatic heterocycles. The van der Waals surface area contributed by atoms with Crippen molar-refractivity contribution in [1.29, 1.82) is 0 Å². The van der Waals surface area contributed by atoms with Crippen molar-refractivity contribution in [2.45, 2.75) is 18.5 Å². The zero-order chi connectivity index (χ0) is 31.7. The van der Waals surface area contributed by atoms with Gasteiger partial charge in [-0.2, -0.15) is 0 Å². The van der Waals surface area contributed by atoms with Gasteiger partial charge in [0, 0.05) is 44.0 Å². The molecule has 0 fully saturated rings. The molecule has 1 spiro atoms. The van der Waals surface area contributed by atoms with Gasteiger partial charge in [0.15, 0.2) is 5.54 Å². The predicted octanol–water partition coefficient (Wildman–Crippen LogP) is 10.3. The fraction of sp³-hybridized carbons (Fsp3) is 0.0714. The molecule has 5 heteroatoms. The molecule has 9 rings (SSSR count). The number of carbonyl (C=O) groups excluding carboxylic acids is 1. The number of halogens is 1. The number of aromatic nitrogens is 1. The molecule has 47 heavy (non-hydrogen) atoms.